The maximum Gasteiger partial charge on any atom is 0.341 e. The predicted molar refractivity (Wildman–Crippen MR) is 74.9 cm³/mol. The van der Waals surface area contributed by atoms with Gasteiger partial charge in [0.25, 0.3) is 0 Å². The second-order valence-electron chi connectivity index (χ2n) is 3.99. The molecule has 3 amide bonds. The monoisotopic (exact) mass is 298 g/mol. The van der Waals surface area contributed by atoms with Crippen molar-refractivity contribution in [3.63, 3.8) is 0 Å². The number of rotatable bonds is 7. The molecule has 0 saturated heterocycles. The van der Waals surface area contributed by atoms with Gasteiger partial charge >= 0.3 is 6.03 Å². The van der Waals surface area contributed by atoms with Gasteiger partial charge in [-0.05, 0) is 5.56 Å². The normalized spacial score (nSPS) is 11.4. The zero-order chi connectivity index (χ0) is 15.0. The van der Waals surface area contributed by atoms with Crippen molar-refractivity contribution in [2.45, 2.75) is 12.5 Å². The fourth-order valence-electron chi connectivity index (χ4n) is 1.56. The number of hydrogen-bond donors (Lipinski definition) is 2. The van der Waals surface area contributed by atoms with Gasteiger partial charge in [0.1, 0.15) is 6.04 Å². The van der Waals surface area contributed by atoms with Gasteiger partial charge in [0.2, 0.25) is 5.91 Å². The summed E-state index contributed by atoms with van der Waals surface area (Å²) in [7, 11) is 0. The molecule has 1 rings (SSSR count). The molecule has 0 fully saturated rings. The number of alkyl halides is 1. The first-order chi connectivity index (χ1) is 9.58. The van der Waals surface area contributed by atoms with E-state index in [9.17, 15) is 14.5 Å². The maximum absolute atomic E-state index is 11.7. The molecule has 0 heterocycles. The number of halogens is 1. The van der Waals surface area contributed by atoms with Crippen LogP contribution in [0.1, 0.15) is 5.56 Å². The predicted octanol–water partition coefficient (Wildman–Crippen LogP) is 1.01. The van der Waals surface area contributed by atoms with E-state index in [1.807, 2.05) is 18.2 Å². The molecule has 0 unspecified atom stereocenters. The van der Waals surface area contributed by atoms with Gasteiger partial charge in [0, 0.05) is 12.3 Å². The molecule has 0 aliphatic carbocycles. The Bertz CT molecular complexity index is 469. The van der Waals surface area contributed by atoms with Crippen LogP contribution in [0.15, 0.2) is 35.6 Å². The molecular weight excluding hydrogens is 284 g/mol. The van der Waals surface area contributed by atoms with Crippen LogP contribution < -0.4 is 11.1 Å². The smallest absolute Gasteiger partial charge is 0.341 e. The lowest BCUT2D eigenvalue weighted by Crippen LogP contribution is -2.50. The van der Waals surface area contributed by atoms with Crippen molar-refractivity contribution >= 4 is 23.5 Å². The first kappa shape index (κ1) is 15.9. The molecule has 1 aromatic rings. The fraction of sp³-hybridized carbons (Fsp3) is 0.333. The average molecular weight is 299 g/mol. The standard InChI is InChI=1S/C12H15ClN4O3/c13-6-7-17(16-20)12(19)15-10(11(14)18)8-9-4-2-1-3-5-9/h1-5,10H,6-8H2,(H2,14,18)(H,15,19)/t10-/m0/s1. The molecule has 0 saturated carbocycles. The number of nitroso groups, excluding NO2 is 1. The summed E-state index contributed by atoms with van der Waals surface area (Å²) in [4.78, 5) is 33.6. The molecule has 0 aromatic heterocycles. The summed E-state index contributed by atoms with van der Waals surface area (Å²) in [5.74, 6) is -0.641. The molecule has 0 spiro atoms. The summed E-state index contributed by atoms with van der Waals surface area (Å²) in [6.07, 6.45) is 0.232. The zero-order valence-corrected chi connectivity index (χ0v) is 11.4. The molecule has 108 valence electrons. The van der Waals surface area contributed by atoms with Gasteiger partial charge in [-0.1, -0.05) is 30.3 Å². The topological polar surface area (TPSA) is 105 Å². The van der Waals surface area contributed by atoms with Crippen LogP contribution >= 0.6 is 11.6 Å². The zero-order valence-electron chi connectivity index (χ0n) is 10.7. The van der Waals surface area contributed by atoms with Crippen molar-refractivity contribution in [3.8, 4) is 0 Å². The highest BCUT2D eigenvalue weighted by Gasteiger charge is 2.22. The van der Waals surface area contributed by atoms with Crippen LogP contribution in [-0.4, -0.2) is 35.4 Å². The van der Waals surface area contributed by atoms with Crippen LogP contribution in [0.25, 0.3) is 0 Å². The number of hydrogen-bond acceptors (Lipinski definition) is 4. The van der Waals surface area contributed by atoms with Crippen molar-refractivity contribution in [2.24, 2.45) is 11.0 Å². The maximum atomic E-state index is 11.7. The molecule has 0 aliphatic heterocycles. The van der Waals surface area contributed by atoms with E-state index >= 15 is 0 Å². The van der Waals surface area contributed by atoms with E-state index < -0.39 is 18.0 Å². The van der Waals surface area contributed by atoms with E-state index in [2.05, 4.69) is 10.6 Å². The van der Waals surface area contributed by atoms with Crippen molar-refractivity contribution in [1.82, 2.24) is 10.3 Å². The van der Waals surface area contributed by atoms with Crippen molar-refractivity contribution in [2.75, 3.05) is 12.4 Å². The van der Waals surface area contributed by atoms with E-state index in [0.717, 1.165) is 5.56 Å². The summed E-state index contributed by atoms with van der Waals surface area (Å²) < 4.78 is 0. The Kier molecular flexibility index (Phi) is 6.45. The highest BCUT2D eigenvalue weighted by atomic mass is 35.5. The average Bonchev–Trinajstić information content (AvgIpc) is 2.44. The Labute approximate surface area is 121 Å². The molecule has 1 atom stereocenters. The van der Waals surface area contributed by atoms with Crippen LogP contribution in [0.5, 0.6) is 0 Å². The second-order valence-corrected chi connectivity index (χ2v) is 4.37. The number of carbonyl (C=O) groups excluding carboxylic acids is 2. The molecule has 0 bridgehead atoms. The summed E-state index contributed by atoms with van der Waals surface area (Å²) in [6, 6.07) is 7.32. The number of carbonyl (C=O) groups is 2. The number of benzene rings is 1. The number of urea groups is 1. The minimum atomic E-state index is -0.926. The largest absolute Gasteiger partial charge is 0.368 e. The van der Waals surface area contributed by atoms with Gasteiger partial charge in [-0.2, -0.15) is 5.01 Å². The highest BCUT2D eigenvalue weighted by molar-refractivity contribution is 6.18. The first-order valence-corrected chi connectivity index (χ1v) is 6.42. The minimum absolute atomic E-state index is 0.0479. The van der Waals surface area contributed by atoms with Gasteiger partial charge < -0.3 is 11.1 Å². The molecule has 20 heavy (non-hydrogen) atoms. The van der Waals surface area contributed by atoms with E-state index in [4.69, 9.17) is 17.3 Å². The number of primary amides is 1. The first-order valence-electron chi connectivity index (χ1n) is 5.89. The van der Waals surface area contributed by atoms with Crippen LogP contribution in [0, 0.1) is 4.91 Å². The van der Waals surface area contributed by atoms with Gasteiger partial charge in [-0.15, -0.1) is 16.5 Å². The van der Waals surface area contributed by atoms with Crippen LogP contribution in [0.2, 0.25) is 0 Å². The molecular formula is C12H15ClN4O3. The lowest BCUT2D eigenvalue weighted by atomic mass is 10.1. The highest BCUT2D eigenvalue weighted by Crippen LogP contribution is 2.04. The SMILES string of the molecule is NC(=O)[C@H](Cc1ccccc1)NC(=O)N(CCCl)N=O. The molecule has 8 heteroatoms. The summed E-state index contributed by atoms with van der Waals surface area (Å²) >= 11 is 5.44. The Hall–Kier alpha value is -2.15. The van der Waals surface area contributed by atoms with E-state index in [1.54, 1.807) is 12.1 Å². The third kappa shape index (κ3) is 4.85. The lowest BCUT2D eigenvalue weighted by molar-refractivity contribution is -0.119. The van der Waals surface area contributed by atoms with Crippen molar-refractivity contribution in [1.29, 1.82) is 0 Å². The lowest BCUT2D eigenvalue weighted by Gasteiger charge is -2.19. The van der Waals surface area contributed by atoms with Crippen LogP contribution in [0.4, 0.5) is 4.79 Å². The Balaban J connectivity index is 2.70. The molecule has 0 aliphatic rings. The van der Waals surface area contributed by atoms with Crippen LogP contribution in [-0.2, 0) is 11.2 Å². The van der Waals surface area contributed by atoms with Crippen molar-refractivity contribution < 1.29 is 9.59 Å². The second kappa shape index (κ2) is 8.11. The van der Waals surface area contributed by atoms with Gasteiger partial charge in [-0.3, -0.25) is 4.79 Å². The van der Waals surface area contributed by atoms with Gasteiger partial charge in [0.05, 0.1) is 11.8 Å². The number of amides is 3. The summed E-state index contributed by atoms with van der Waals surface area (Å²) in [6.45, 7) is -0.0479. The molecule has 7 nitrogen and oxygen atoms in total. The molecule has 3 N–H and O–H groups in total. The third-order valence-electron chi connectivity index (χ3n) is 2.55. The van der Waals surface area contributed by atoms with E-state index in [1.165, 1.54) is 0 Å². The molecule has 0 radical (unpaired) electrons. The number of nitrogens with two attached hydrogens (primary N) is 1. The number of nitrogens with one attached hydrogen (secondary N) is 1. The number of nitrogens with zero attached hydrogens (tertiary/aromatic N) is 2. The van der Waals surface area contributed by atoms with Crippen molar-refractivity contribution in [3.05, 3.63) is 40.8 Å². The van der Waals surface area contributed by atoms with Crippen LogP contribution in [0.3, 0.4) is 0 Å². The van der Waals surface area contributed by atoms with Gasteiger partial charge in [-0.25, -0.2) is 4.79 Å². The van der Waals surface area contributed by atoms with E-state index in [-0.39, 0.29) is 18.8 Å². The summed E-state index contributed by atoms with van der Waals surface area (Å²) in [5, 5.41) is 5.50. The quantitative estimate of drug-likeness (QED) is 0.446. The Morgan fingerprint density at radius 2 is 2.00 bits per heavy atom. The minimum Gasteiger partial charge on any atom is -0.368 e. The Morgan fingerprint density at radius 3 is 2.50 bits per heavy atom. The Morgan fingerprint density at radius 1 is 1.35 bits per heavy atom. The third-order valence-corrected chi connectivity index (χ3v) is 2.72. The van der Waals surface area contributed by atoms with Gasteiger partial charge in [0.15, 0.2) is 0 Å². The van der Waals surface area contributed by atoms with E-state index in [0.29, 0.717) is 5.01 Å². The summed E-state index contributed by atoms with van der Waals surface area (Å²) in [5.41, 5.74) is 6.07. The fourth-order valence-corrected chi connectivity index (χ4v) is 1.72. The molecule has 1 aromatic carbocycles.